The van der Waals surface area contributed by atoms with Gasteiger partial charge in [-0.2, -0.15) is 13.2 Å². The van der Waals surface area contributed by atoms with Gasteiger partial charge in [-0.05, 0) is 42.0 Å². The van der Waals surface area contributed by atoms with Crippen LogP contribution in [0.5, 0.6) is 0 Å². The number of nitrogens with one attached hydrogen (secondary N) is 1. The van der Waals surface area contributed by atoms with Crippen molar-refractivity contribution in [3.05, 3.63) is 70.8 Å². The van der Waals surface area contributed by atoms with Crippen molar-refractivity contribution in [3.63, 3.8) is 0 Å². The second-order valence-corrected chi connectivity index (χ2v) is 6.18. The van der Waals surface area contributed by atoms with Crippen molar-refractivity contribution in [1.29, 1.82) is 0 Å². The van der Waals surface area contributed by atoms with Crippen molar-refractivity contribution in [3.8, 4) is 0 Å². The van der Waals surface area contributed by atoms with Crippen LogP contribution in [0.25, 0.3) is 0 Å². The molecule has 1 fully saturated rings. The van der Waals surface area contributed by atoms with Crippen LogP contribution in [-0.2, 0) is 17.5 Å². The minimum absolute atomic E-state index is 0.180. The van der Waals surface area contributed by atoms with Gasteiger partial charge in [0.25, 0.3) is 0 Å². The van der Waals surface area contributed by atoms with E-state index in [9.17, 15) is 18.0 Å². The highest BCUT2D eigenvalue weighted by atomic mass is 19.4. The summed E-state index contributed by atoms with van der Waals surface area (Å²) in [5.74, 6) is -0.905. The highest BCUT2D eigenvalue weighted by molar-refractivity contribution is 5.83. The fourth-order valence-corrected chi connectivity index (χ4v) is 3.03. The maximum absolute atomic E-state index is 13.1. The van der Waals surface area contributed by atoms with E-state index in [1.165, 1.54) is 12.1 Å². The highest BCUT2D eigenvalue weighted by Gasteiger charge is 2.47. The molecule has 3 rings (SSSR count). The van der Waals surface area contributed by atoms with Crippen molar-refractivity contribution < 1.29 is 18.0 Å². The number of benzene rings is 2. The van der Waals surface area contributed by atoms with Crippen LogP contribution < -0.4 is 5.32 Å². The van der Waals surface area contributed by atoms with Gasteiger partial charge in [-0.15, -0.1) is 0 Å². The molecule has 0 saturated heterocycles. The first kappa shape index (κ1) is 16.6. The number of carbonyl (C=O) groups excluding carboxylic acids is 1. The monoisotopic (exact) mass is 333 g/mol. The molecular weight excluding hydrogens is 315 g/mol. The summed E-state index contributed by atoms with van der Waals surface area (Å²) in [6.45, 7) is 2.36. The minimum atomic E-state index is -4.39. The Labute approximate surface area is 138 Å². The summed E-state index contributed by atoms with van der Waals surface area (Å²) in [4.78, 5) is 12.2. The maximum atomic E-state index is 13.1. The molecule has 2 aromatic carbocycles. The molecule has 5 heteroatoms. The van der Waals surface area contributed by atoms with E-state index in [2.05, 4.69) is 5.32 Å². The number of hydrogen-bond acceptors (Lipinski definition) is 1. The molecule has 1 saturated carbocycles. The molecule has 1 amide bonds. The molecular formula is C19H18F3NO. The summed E-state index contributed by atoms with van der Waals surface area (Å²) >= 11 is 0. The molecule has 0 aromatic heterocycles. The molecule has 1 aliphatic carbocycles. The summed E-state index contributed by atoms with van der Waals surface area (Å²) in [6, 6.07) is 13.2. The van der Waals surface area contributed by atoms with E-state index in [1.54, 1.807) is 6.07 Å². The summed E-state index contributed by atoms with van der Waals surface area (Å²) in [5.41, 5.74) is 1.68. The van der Waals surface area contributed by atoms with Crippen molar-refractivity contribution in [2.45, 2.75) is 32.0 Å². The van der Waals surface area contributed by atoms with Gasteiger partial charge in [0.1, 0.15) is 0 Å². The second-order valence-electron chi connectivity index (χ2n) is 6.18. The van der Waals surface area contributed by atoms with E-state index >= 15 is 0 Å². The Bertz CT molecular complexity index is 754. The van der Waals surface area contributed by atoms with E-state index in [0.29, 0.717) is 13.0 Å². The third-order valence-electron chi connectivity index (χ3n) is 4.51. The lowest BCUT2D eigenvalue weighted by molar-refractivity contribution is -0.138. The molecule has 2 atom stereocenters. The van der Waals surface area contributed by atoms with Gasteiger partial charge < -0.3 is 5.32 Å². The van der Waals surface area contributed by atoms with Crippen molar-refractivity contribution in [1.82, 2.24) is 5.32 Å². The van der Waals surface area contributed by atoms with Crippen LogP contribution in [0.15, 0.2) is 48.5 Å². The summed E-state index contributed by atoms with van der Waals surface area (Å²) < 4.78 is 39.2. The Balaban J connectivity index is 1.66. The standard InChI is InChI=1S/C19H18F3NO/c1-12-6-2-3-7-13(12)11-23-18(24)16-10-15(16)14-8-4-5-9-17(14)19(20,21)22/h2-9,15-16H,10-11H2,1H3,(H,23,24). The molecule has 0 heterocycles. The lowest BCUT2D eigenvalue weighted by Gasteiger charge is -2.12. The van der Waals surface area contributed by atoms with Crippen LogP contribution in [0.3, 0.4) is 0 Å². The Morgan fingerprint density at radius 1 is 1.12 bits per heavy atom. The van der Waals surface area contributed by atoms with Crippen LogP contribution in [0, 0.1) is 12.8 Å². The Kier molecular flexibility index (Phi) is 4.35. The molecule has 2 aromatic rings. The second kappa shape index (κ2) is 6.30. The van der Waals surface area contributed by atoms with E-state index in [1.807, 2.05) is 31.2 Å². The fourth-order valence-electron chi connectivity index (χ4n) is 3.03. The van der Waals surface area contributed by atoms with Gasteiger partial charge >= 0.3 is 6.18 Å². The first-order valence-electron chi connectivity index (χ1n) is 7.86. The van der Waals surface area contributed by atoms with E-state index in [-0.39, 0.29) is 23.3 Å². The van der Waals surface area contributed by atoms with Gasteiger partial charge in [-0.25, -0.2) is 0 Å². The predicted octanol–water partition coefficient (Wildman–Crippen LogP) is 4.43. The lowest BCUT2D eigenvalue weighted by atomic mass is 10.0. The fraction of sp³-hybridized carbons (Fsp3) is 0.316. The van der Waals surface area contributed by atoms with Crippen LogP contribution in [0.4, 0.5) is 13.2 Å². The number of amides is 1. The molecule has 0 aliphatic heterocycles. The summed E-state index contributed by atoms with van der Waals surface area (Å²) in [5, 5.41) is 2.84. The normalized spacial score (nSPS) is 19.8. The van der Waals surface area contributed by atoms with Gasteiger partial charge in [0.15, 0.2) is 0 Å². The van der Waals surface area contributed by atoms with Gasteiger partial charge in [-0.1, -0.05) is 42.5 Å². The van der Waals surface area contributed by atoms with E-state index < -0.39 is 11.7 Å². The topological polar surface area (TPSA) is 29.1 Å². The van der Waals surface area contributed by atoms with Crippen LogP contribution in [-0.4, -0.2) is 5.91 Å². The molecule has 126 valence electrons. The molecule has 1 N–H and O–H groups in total. The number of carbonyl (C=O) groups is 1. The quantitative estimate of drug-likeness (QED) is 0.881. The van der Waals surface area contributed by atoms with Crippen molar-refractivity contribution >= 4 is 5.91 Å². The zero-order chi connectivity index (χ0) is 17.3. The molecule has 0 radical (unpaired) electrons. The molecule has 24 heavy (non-hydrogen) atoms. The van der Waals surface area contributed by atoms with E-state index in [0.717, 1.165) is 17.2 Å². The number of alkyl halides is 3. The average Bonchev–Trinajstić information content (AvgIpc) is 3.34. The van der Waals surface area contributed by atoms with Gasteiger partial charge in [0, 0.05) is 12.5 Å². The predicted molar refractivity (Wildman–Crippen MR) is 85.3 cm³/mol. The largest absolute Gasteiger partial charge is 0.416 e. The van der Waals surface area contributed by atoms with Crippen LogP contribution in [0.2, 0.25) is 0 Å². The van der Waals surface area contributed by atoms with Crippen molar-refractivity contribution in [2.75, 3.05) is 0 Å². The van der Waals surface area contributed by atoms with E-state index in [4.69, 9.17) is 0 Å². The molecule has 2 unspecified atom stereocenters. The smallest absolute Gasteiger partial charge is 0.352 e. The summed E-state index contributed by atoms with van der Waals surface area (Å²) in [7, 11) is 0. The molecule has 0 bridgehead atoms. The molecule has 0 spiro atoms. The first-order chi connectivity index (χ1) is 11.4. The maximum Gasteiger partial charge on any atom is 0.416 e. The zero-order valence-electron chi connectivity index (χ0n) is 13.2. The number of halogens is 3. The number of hydrogen-bond donors (Lipinski definition) is 1. The third kappa shape index (κ3) is 3.45. The zero-order valence-corrected chi connectivity index (χ0v) is 13.2. The highest BCUT2D eigenvalue weighted by Crippen LogP contribution is 2.51. The SMILES string of the molecule is Cc1ccccc1CNC(=O)C1CC1c1ccccc1C(F)(F)F. The van der Waals surface area contributed by atoms with Crippen LogP contribution in [0.1, 0.15) is 34.6 Å². The number of aryl methyl sites for hydroxylation is 1. The minimum Gasteiger partial charge on any atom is -0.352 e. The van der Waals surface area contributed by atoms with Crippen LogP contribution >= 0.6 is 0 Å². The van der Waals surface area contributed by atoms with Gasteiger partial charge in [0.05, 0.1) is 5.56 Å². The Hall–Kier alpha value is -2.30. The Morgan fingerprint density at radius 2 is 1.79 bits per heavy atom. The number of rotatable bonds is 4. The molecule has 2 nitrogen and oxygen atoms in total. The Morgan fingerprint density at radius 3 is 2.50 bits per heavy atom. The van der Waals surface area contributed by atoms with Gasteiger partial charge in [0.2, 0.25) is 5.91 Å². The lowest BCUT2D eigenvalue weighted by Crippen LogP contribution is -2.25. The first-order valence-corrected chi connectivity index (χ1v) is 7.86. The van der Waals surface area contributed by atoms with Gasteiger partial charge in [-0.3, -0.25) is 4.79 Å². The average molecular weight is 333 g/mol. The molecule has 1 aliphatic rings. The third-order valence-corrected chi connectivity index (χ3v) is 4.51. The summed E-state index contributed by atoms with van der Waals surface area (Å²) in [6.07, 6.45) is -3.92. The van der Waals surface area contributed by atoms with Crippen molar-refractivity contribution in [2.24, 2.45) is 5.92 Å².